The lowest BCUT2D eigenvalue weighted by molar-refractivity contribution is -0.118. The molecule has 4 aromatic rings. The third-order valence-electron chi connectivity index (χ3n) is 5.19. The maximum absolute atomic E-state index is 12.3. The minimum atomic E-state index is -0.225. The van der Waals surface area contributed by atoms with Crippen LogP contribution < -0.4 is 14.9 Å². The van der Waals surface area contributed by atoms with Gasteiger partial charge in [-0.05, 0) is 65.2 Å². The second-order valence-corrected chi connectivity index (χ2v) is 11.5. The van der Waals surface area contributed by atoms with E-state index in [9.17, 15) is 4.79 Å². The van der Waals surface area contributed by atoms with Gasteiger partial charge in [0.15, 0.2) is 15.8 Å². The van der Waals surface area contributed by atoms with Gasteiger partial charge in [-0.1, -0.05) is 65.3 Å². The monoisotopic (exact) mass is 629 g/mol. The smallest absolute Gasteiger partial charge is 0.250 e. The lowest BCUT2D eigenvalue weighted by Gasteiger charge is -2.15. The highest BCUT2D eigenvalue weighted by atomic mass is 79.9. The lowest BCUT2D eigenvalue weighted by Crippen LogP contribution is -2.19. The number of hydrazone groups is 1. The summed E-state index contributed by atoms with van der Waals surface area (Å²) in [6.07, 6.45) is 1.57. The molecule has 0 bridgehead atoms. The molecule has 0 aliphatic heterocycles. The summed E-state index contributed by atoms with van der Waals surface area (Å²) in [5.74, 6) is 1.19. The molecule has 1 aromatic heterocycles. The molecule has 0 fully saturated rings. The van der Waals surface area contributed by atoms with Gasteiger partial charge in [0.25, 0.3) is 5.91 Å². The molecule has 196 valence electrons. The third kappa shape index (κ3) is 8.07. The van der Waals surface area contributed by atoms with Crippen molar-refractivity contribution in [2.24, 2.45) is 5.10 Å². The number of amides is 1. The number of nitrogens with zero attached hydrogens (tertiary/aromatic N) is 2. The van der Waals surface area contributed by atoms with Gasteiger partial charge in [-0.15, -0.1) is 11.3 Å². The van der Waals surface area contributed by atoms with Gasteiger partial charge in [0, 0.05) is 16.0 Å². The van der Waals surface area contributed by atoms with Crippen molar-refractivity contribution < 1.29 is 14.3 Å². The van der Waals surface area contributed by atoms with Gasteiger partial charge in [-0.25, -0.2) is 10.4 Å². The Morgan fingerprint density at radius 2 is 1.92 bits per heavy atom. The van der Waals surface area contributed by atoms with Gasteiger partial charge in [0.1, 0.15) is 6.61 Å². The first-order valence-corrected chi connectivity index (χ1v) is 14.8. The standard InChI is InChI=1S/C28H25BrClN3O3S2/c1-3-35-25-13-20(12-23(29)27(25)36-15-19-6-4-18(2)5-7-19)14-31-33-26(34)17-38-28-32-24(16-37-28)21-8-10-22(30)11-9-21/h4-14,16H,3,15,17H2,1-2H3,(H,33,34)/b31-14+. The first-order valence-electron chi connectivity index (χ1n) is 11.7. The summed E-state index contributed by atoms with van der Waals surface area (Å²) < 4.78 is 13.4. The predicted octanol–water partition coefficient (Wildman–Crippen LogP) is 7.75. The number of aryl methyl sites for hydroxylation is 1. The van der Waals surface area contributed by atoms with E-state index < -0.39 is 0 Å². The van der Waals surface area contributed by atoms with Crippen LogP contribution in [0.2, 0.25) is 5.02 Å². The number of hydrogen-bond acceptors (Lipinski definition) is 7. The van der Waals surface area contributed by atoms with Crippen LogP contribution in [0.15, 0.2) is 80.0 Å². The van der Waals surface area contributed by atoms with Crippen LogP contribution in [-0.2, 0) is 11.4 Å². The summed E-state index contributed by atoms with van der Waals surface area (Å²) in [5, 5.41) is 6.75. The van der Waals surface area contributed by atoms with Crippen LogP contribution in [0.1, 0.15) is 23.6 Å². The second kappa shape index (κ2) is 13.8. The Kier molecular flexibility index (Phi) is 10.2. The number of thioether (sulfide) groups is 1. The number of nitrogens with one attached hydrogen (secondary N) is 1. The number of thiazole rings is 1. The van der Waals surface area contributed by atoms with E-state index in [0.717, 1.165) is 31.2 Å². The van der Waals surface area contributed by atoms with Crippen LogP contribution in [0, 0.1) is 6.92 Å². The Morgan fingerprint density at radius 1 is 1.16 bits per heavy atom. The topological polar surface area (TPSA) is 72.8 Å². The van der Waals surface area contributed by atoms with Gasteiger partial charge in [-0.3, -0.25) is 4.79 Å². The molecule has 1 amide bonds. The predicted molar refractivity (Wildman–Crippen MR) is 160 cm³/mol. The highest BCUT2D eigenvalue weighted by Gasteiger charge is 2.13. The van der Waals surface area contributed by atoms with E-state index in [0.29, 0.717) is 29.7 Å². The van der Waals surface area contributed by atoms with Crippen molar-refractivity contribution in [2.75, 3.05) is 12.4 Å². The molecule has 0 radical (unpaired) electrons. The first-order chi connectivity index (χ1) is 18.4. The summed E-state index contributed by atoms with van der Waals surface area (Å²) in [4.78, 5) is 16.9. The molecule has 6 nitrogen and oxygen atoms in total. The molecule has 0 saturated heterocycles. The number of ether oxygens (including phenoxy) is 2. The van der Waals surface area contributed by atoms with E-state index >= 15 is 0 Å². The van der Waals surface area contributed by atoms with Gasteiger partial charge in [0.05, 0.1) is 28.7 Å². The third-order valence-corrected chi connectivity index (χ3v) is 8.05. The zero-order chi connectivity index (χ0) is 26.9. The number of carbonyl (C=O) groups excluding carboxylic acids is 1. The Bertz CT molecular complexity index is 1410. The Labute approximate surface area is 243 Å². The molecular formula is C28H25BrClN3O3S2. The molecule has 0 saturated carbocycles. The molecule has 38 heavy (non-hydrogen) atoms. The van der Waals surface area contributed by atoms with Crippen molar-refractivity contribution >= 4 is 62.8 Å². The molecule has 0 unspecified atom stereocenters. The molecule has 0 spiro atoms. The molecular weight excluding hydrogens is 606 g/mol. The number of aromatic nitrogens is 1. The minimum absolute atomic E-state index is 0.199. The largest absolute Gasteiger partial charge is 0.490 e. The fourth-order valence-corrected chi connectivity index (χ4v) is 5.65. The van der Waals surface area contributed by atoms with Crippen LogP contribution in [-0.4, -0.2) is 29.5 Å². The van der Waals surface area contributed by atoms with E-state index in [1.165, 1.54) is 28.7 Å². The Hall–Kier alpha value is -2.85. The second-order valence-electron chi connectivity index (χ2n) is 8.12. The molecule has 0 aliphatic carbocycles. The Balaban J connectivity index is 1.32. The SMILES string of the molecule is CCOc1cc(/C=N/NC(=O)CSc2nc(-c3ccc(Cl)cc3)cs2)cc(Br)c1OCc1ccc(C)cc1. The van der Waals surface area contributed by atoms with Crippen LogP contribution in [0.3, 0.4) is 0 Å². The van der Waals surface area contributed by atoms with E-state index in [2.05, 4.69) is 50.5 Å². The Morgan fingerprint density at radius 3 is 2.66 bits per heavy atom. The van der Waals surface area contributed by atoms with Crippen LogP contribution in [0.25, 0.3) is 11.3 Å². The number of benzene rings is 3. The fourth-order valence-electron chi connectivity index (χ4n) is 3.32. The summed E-state index contributed by atoms with van der Waals surface area (Å²) >= 11 is 12.4. The quantitative estimate of drug-likeness (QED) is 0.104. The summed E-state index contributed by atoms with van der Waals surface area (Å²) in [7, 11) is 0. The fraction of sp³-hybridized carbons (Fsp3) is 0.179. The molecule has 0 atom stereocenters. The maximum Gasteiger partial charge on any atom is 0.250 e. The highest BCUT2D eigenvalue weighted by molar-refractivity contribution is 9.10. The minimum Gasteiger partial charge on any atom is -0.490 e. The van der Waals surface area contributed by atoms with Gasteiger partial charge < -0.3 is 9.47 Å². The van der Waals surface area contributed by atoms with E-state index in [-0.39, 0.29) is 11.7 Å². The highest BCUT2D eigenvalue weighted by Crippen LogP contribution is 2.37. The summed E-state index contributed by atoms with van der Waals surface area (Å²) in [6.45, 7) is 4.87. The summed E-state index contributed by atoms with van der Waals surface area (Å²) in [6, 6.07) is 19.4. The number of rotatable bonds is 11. The summed E-state index contributed by atoms with van der Waals surface area (Å²) in [5.41, 5.74) is 7.42. The molecule has 10 heteroatoms. The lowest BCUT2D eigenvalue weighted by atomic mass is 10.2. The van der Waals surface area contributed by atoms with E-state index in [1.54, 1.807) is 6.21 Å². The average Bonchev–Trinajstić information content (AvgIpc) is 3.38. The molecule has 0 aliphatic rings. The molecule has 3 aromatic carbocycles. The average molecular weight is 631 g/mol. The maximum atomic E-state index is 12.3. The van der Waals surface area contributed by atoms with E-state index in [4.69, 9.17) is 21.1 Å². The van der Waals surface area contributed by atoms with Crippen molar-refractivity contribution in [3.05, 3.63) is 92.2 Å². The van der Waals surface area contributed by atoms with Crippen LogP contribution in [0.5, 0.6) is 11.5 Å². The van der Waals surface area contributed by atoms with Crippen LogP contribution in [0.4, 0.5) is 0 Å². The van der Waals surface area contributed by atoms with Crippen molar-refractivity contribution in [1.82, 2.24) is 10.4 Å². The van der Waals surface area contributed by atoms with Crippen molar-refractivity contribution in [3.8, 4) is 22.8 Å². The molecule has 4 rings (SSSR count). The van der Waals surface area contributed by atoms with E-state index in [1.807, 2.05) is 60.8 Å². The number of hydrogen-bond donors (Lipinski definition) is 1. The normalized spacial score (nSPS) is 11.1. The van der Waals surface area contributed by atoms with Crippen molar-refractivity contribution in [3.63, 3.8) is 0 Å². The number of carbonyl (C=O) groups is 1. The van der Waals surface area contributed by atoms with Crippen molar-refractivity contribution in [1.29, 1.82) is 0 Å². The zero-order valence-corrected chi connectivity index (χ0v) is 24.7. The van der Waals surface area contributed by atoms with Gasteiger partial charge in [0.2, 0.25) is 0 Å². The van der Waals surface area contributed by atoms with Crippen LogP contribution >= 0.6 is 50.6 Å². The van der Waals surface area contributed by atoms with Crippen molar-refractivity contribution in [2.45, 2.75) is 24.8 Å². The number of halogens is 2. The van der Waals surface area contributed by atoms with Gasteiger partial charge in [-0.2, -0.15) is 5.10 Å². The van der Waals surface area contributed by atoms with Gasteiger partial charge >= 0.3 is 0 Å². The molecule has 1 N–H and O–H groups in total. The molecule has 1 heterocycles. The zero-order valence-electron chi connectivity index (χ0n) is 20.7. The first kappa shape index (κ1) is 28.2.